The number of nitrogens with zero attached hydrogens (tertiary/aromatic N) is 2. The van der Waals surface area contributed by atoms with Gasteiger partial charge in [0.2, 0.25) is 0 Å². The van der Waals surface area contributed by atoms with Crippen molar-refractivity contribution >= 4 is 23.1 Å². The molecule has 2 rings (SSSR count). The Labute approximate surface area is 103 Å². The molecule has 0 aliphatic rings. The summed E-state index contributed by atoms with van der Waals surface area (Å²) in [4.78, 5) is 16.8. The molecule has 0 aromatic carbocycles. The molecule has 2 aromatic rings. The number of hydrogen-bond acceptors (Lipinski definition) is 4. The smallest absolute Gasteiger partial charge is 0.337 e. The van der Waals surface area contributed by atoms with Crippen molar-refractivity contribution in [2.45, 2.75) is 6.54 Å². The molecule has 4 nitrogen and oxygen atoms in total. The Balaban J connectivity index is 2.09. The van der Waals surface area contributed by atoms with Gasteiger partial charge in [-0.05, 0) is 34.5 Å². The molecule has 0 saturated carbocycles. The number of hydrogen-bond donors (Lipinski definition) is 1. The molecule has 0 bridgehead atoms. The number of thiophene rings is 1. The zero-order chi connectivity index (χ0) is 12.3. The zero-order valence-electron chi connectivity index (χ0n) is 9.33. The van der Waals surface area contributed by atoms with E-state index in [2.05, 4.69) is 16.4 Å². The first kappa shape index (κ1) is 11.6. The largest absolute Gasteiger partial charge is 0.478 e. The highest BCUT2D eigenvalue weighted by molar-refractivity contribution is 7.07. The minimum atomic E-state index is -0.954. The van der Waals surface area contributed by atoms with Crippen LogP contribution in [0.3, 0.4) is 0 Å². The van der Waals surface area contributed by atoms with Crippen LogP contribution in [0.2, 0.25) is 0 Å². The van der Waals surface area contributed by atoms with Crippen molar-refractivity contribution in [3.8, 4) is 0 Å². The molecule has 0 spiro atoms. The number of pyridine rings is 1. The fraction of sp³-hybridized carbons (Fsp3) is 0.167. The van der Waals surface area contributed by atoms with Gasteiger partial charge in [0.05, 0.1) is 5.56 Å². The minimum absolute atomic E-state index is 0.206. The standard InChI is InChI=1S/C12H12N2O2S/c1-14(7-9-4-5-17-8-9)11-3-2-10(6-13-11)12(15)16/h2-6,8H,7H2,1H3,(H,15,16). The molecule has 0 saturated heterocycles. The molecule has 2 aromatic heterocycles. The predicted molar refractivity (Wildman–Crippen MR) is 67.6 cm³/mol. The monoisotopic (exact) mass is 248 g/mol. The van der Waals surface area contributed by atoms with E-state index >= 15 is 0 Å². The summed E-state index contributed by atoms with van der Waals surface area (Å²) in [5, 5.41) is 12.9. The Kier molecular flexibility index (Phi) is 3.39. The summed E-state index contributed by atoms with van der Waals surface area (Å²) in [6.07, 6.45) is 1.38. The second-order valence-corrected chi connectivity index (χ2v) is 4.48. The lowest BCUT2D eigenvalue weighted by atomic mass is 10.2. The lowest BCUT2D eigenvalue weighted by Gasteiger charge is -2.17. The molecule has 0 radical (unpaired) electrons. The highest BCUT2D eigenvalue weighted by Crippen LogP contribution is 2.14. The summed E-state index contributed by atoms with van der Waals surface area (Å²) in [5.41, 5.74) is 1.43. The Morgan fingerprint density at radius 2 is 2.29 bits per heavy atom. The summed E-state index contributed by atoms with van der Waals surface area (Å²) >= 11 is 1.66. The van der Waals surface area contributed by atoms with Gasteiger partial charge in [0, 0.05) is 19.8 Å². The van der Waals surface area contributed by atoms with E-state index in [0.29, 0.717) is 0 Å². The van der Waals surface area contributed by atoms with Crippen LogP contribution >= 0.6 is 11.3 Å². The summed E-state index contributed by atoms with van der Waals surface area (Å²) < 4.78 is 0. The molecule has 17 heavy (non-hydrogen) atoms. The first-order chi connectivity index (χ1) is 8.16. The SMILES string of the molecule is CN(Cc1ccsc1)c1ccc(C(=O)O)cn1. The topological polar surface area (TPSA) is 53.4 Å². The first-order valence-corrected chi connectivity index (χ1v) is 6.02. The van der Waals surface area contributed by atoms with Crippen molar-refractivity contribution in [3.63, 3.8) is 0 Å². The van der Waals surface area contributed by atoms with E-state index in [1.54, 1.807) is 23.5 Å². The van der Waals surface area contributed by atoms with E-state index in [4.69, 9.17) is 5.11 Å². The average molecular weight is 248 g/mol. The van der Waals surface area contributed by atoms with Crippen LogP contribution in [0.25, 0.3) is 0 Å². The number of carboxylic acid groups (broad SMARTS) is 1. The van der Waals surface area contributed by atoms with Gasteiger partial charge >= 0.3 is 5.97 Å². The second kappa shape index (κ2) is 4.97. The molecule has 88 valence electrons. The van der Waals surface area contributed by atoms with Gasteiger partial charge in [-0.1, -0.05) is 0 Å². The highest BCUT2D eigenvalue weighted by atomic mass is 32.1. The molecule has 5 heteroatoms. The summed E-state index contributed by atoms with van der Waals surface area (Å²) in [5.74, 6) is -0.189. The van der Waals surface area contributed by atoms with Crippen LogP contribution in [-0.4, -0.2) is 23.1 Å². The molecular formula is C12H12N2O2S. The van der Waals surface area contributed by atoms with Crippen molar-refractivity contribution in [1.29, 1.82) is 0 Å². The third kappa shape index (κ3) is 2.82. The van der Waals surface area contributed by atoms with Gasteiger partial charge in [0.15, 0.2) is 0 Å². The Hall–Kier alpha value is -1.88. The molecule has 0 atom stereocenters. The second-order valence-electron chi connectivity index (χ2n) is 3.70. The van der Waals surface area contributed by atoms with Crippen LogP contribution in [0.15, 0.2) is 35.2 Å². The number of carbonyl (C=O) groups is 1. The van der Waals surface area contributed by atoms with Gasteiger partial charge in [-0.15, -0.1) is 0 Å². The van der Waals surface area contributed by atoms with E-state index in [-0.39, 0.29) is 5.56 Å². The Morgan fingerprint density at radius 1 is 1.47 bits per heavy atom. The zero-order valence-corrected chi connectivity index (χ0v) is 10.1. The van der Waals surface area contributed by atoms with E-state index in [9.17, 15) is 4.79 Å². The fourth-order valence-corrected chi connectivity index (χ4v) is 2.14. The van der Waals surface area contributed by atoms with Crippen molar-refractivity contribution in [2.75, 3.05) is 11.9 Å². The van der Waals surface area contributed by atoms with Crippen LogP contribution < -0.4 is 4.90 Å². The van der Waals surface area contributed by atoms with Crippen LogP contribution in [0, 0.1) is 0 Å². The van der Waals surface area contributed by atoms with Crippen LogP contribution in [0.1, 0.15) is 15.9 Å². The number of anilines is 1. The number of rotatable bonds is 4. The van der Waals surface area contributed by atoms with Crippen LogP contribution in [-0.2, 0) is 6.54 Å². The van der Waals surface area contributed by atoms with E-state index < -0.39 is 5.97 Å². The van der Waals surface area contributed by atoms with Gasteiger partial charge in [0.1, 0.15) is 5.82 Å². The Morgan fingerprint density at radius 3 is 2.82 bits per heavy atom. The Bertz CT molecular complexity index is 494. The van der Waals surface area contributed by atoms with Gasteiger partial charge in [-0.25, -0.2) is 9.78 Å². The molecule has 1 N–H and O–H groups in total. The van der Waals surface area contributed by atoms with Crippen LogP contribution in [0.4, 0.5) is 5.82 Å². The van der Waals surface area contributed by atoms with Crippen molar-refractivity contribution in [1.82, 2.24) is 4.98 Å². The maximum atomic E-state index is 10.7. The third-order valence-corrected chi connectivity index (χ3v) is 3.12. The third-order valence-electron chi connectivity index (χ3n) is 2.39. The molecule has 0 unspecified atom stereocenters. The van der Waals surface area contributed by atoms with E-state index in [1.165, 1.54) is 11.8 Å². The number of carboxylic acids is 1. The quantitative estimate of drug-likeness (QED) is 0.903. The van der Waals surface area contributed by atoms with E-state index in [1.807, 2.05) is 17.3 Å². The van der Waals surface area contributed by atoms with Gasteiger partial charge in [-0.3, -0.25) is 0 Å². The predicted octanol–water partition coefficient (Wildman–Crippen LogP) is 2.48. The molecule has 0 aliphatic heterocycles. The molecule has 2 heterocycles. The first-order valence-electron chi connectivity index (χ1n) is 5.08. The van der Waals surface area contributed by atoms with Crippen molar-refractivity contribution in [3.05, 3.63) is 46.3 Å². The number of aromatic nitrogens is 1. The lowest BCUT2D eigenvalue weighted by Crippen LogP contribution is -2.17. The maximum Gasteiger partial charge on any atom is 0.337 e. The minimum Gasteiger partial charge on any atom is -0.478 e. The molecular weight excluding hydrogens is 236 g/mol. The van der Waals surface area contributed by atoms with Crippen molar-refractivity contribution in [2.24, 2.45) is 0 Å². The lowest BCUT2D eigenvalue weighted by molar-refractivity contribution is 0.0696. The fourth-order valence-electron chi connectivity index (χ4n) is 1.48. The average Bonchev–Trinajstić information content (AvgIpc) is 2.82. The normalized spacial score (nSPS) is 10.2. The van der Waals surface area contributed by atoms with Gasteiger partial charge in [0.25, 0.3) is 0 Å². The van der Waals surface area contributed by atoms with Crippen LogP contribution in [0.5, 0.6) is 0 Å². The van der Waals surface area contributed by atoms with E-state index in [0.717, 1.165) is 12.4 Å². The maximum absolute atomic E-state index is 10.7. The molecule has 0 fully saturated rings. The molecule has 0 aliphatic carbocycles. The highest BCUT2D eigenvalue weighted by Gasteiger charge is 2.06. The number of aromatic carboxylic acids is 1. The summed E-state index contributed by atoms with van der Waals surface area (Å²) in [6, 6.07) is 5.34. The van der Waals surface area contributed by atoms with Crippen molar-refractivity contribution < 1.29 is 9.90 Å². The molecule has 0 amide bonds. The van der Waals surface area contributed by atoms with Gasteiger partial charge < -0.3 is 10.0 Å². The summed E-state index contributed by atoms with van der Waals surface area (Å²) in [6.45, 7) is 0.767. The van der Waals surface area contributed by atoms with Gasteiger partial charge in [-0.2, -0.15) is 11.3 Å². The summed E-state index contributed by atoms with van der Waals surface area (Å²) in [7, 11) is 1.93.